The maximum atomic E-state index is 12.5. The zero-order valence-corrected chi connectivity index (χ0v) is 14.9. The van der Waals surface area contributed by atoms with Crippen LogP contribution < -0.4 is 5.32 Å². The molecule has 0 bridgehead atoms. The third-order valence-electron chi connectivity index (χ3n) is 4.69. The van der Waals surface area contributed by atoms with Crippen molar-refractivity contribution >= 4 is 17.6 Å². The van der Waals surface area contributed by atoms with Crippen LogP contribution in [0.1, 0.15) is 48.3 Å². The number of anilines is 1. The van der Waals surface area contributed by atoms with Crippen LogP contribution in [0.25, 0.3) is 0 Å². The van der Waals surface area contributed by atoms with Crippen molar-refractivity contribution in [3.63, 3.8) is 0 Å². The number of benzene rings is 1. The average molecular weight is 356 g/mol. The minimum atomic E-state index is -1.04. The lowest BCUT2D eigenvalue weighted by Gasteiger charge is -2.26. The normalized spacial score (nSPS) is 16.2. The van der Waals surface area contributed by atoms with Gasteiger partial charge in [-0.25, -0.2) is 9.48 Å². The molecule has 1 saturated heterocycles. The predicted molar refractivity (Wildman–Crippen MR) is 98.1 cm³/mol. The molecule has 1 aromatic carbocycles. The minimum absolute atomic E-state index is 0.220. The summed E-state index contributed by atoms with van der Waals surface area (Å²) in [6.07, 6.45) is 5.27. The number of hydrogen-bond donors (Lipinski definition) is 2. The zero-order valence-electron chi connectivity index (χ0n) is 14.9. The molecule has 0 saturated carbocycles. The number of nitrogens with one attached hydrogen (secondary N) is 1. The fourth-order valence-corrected chi connectivity index (χ4v) is 3.17. The quantitative estimate of drug-likeness (QED) is 0.831. The number of carboxylic acid groups (broad SMARTS) is 1. The maximum Gasteiger partial charge on any atom is 0.328 e. The highest BCUT2D eigenvalue weighted by molar-refractivity contribution is 6.03. The molecular weight excluding hydrogens is 332 g/mol. The molecule has 26 heavy (non-hydrogen) atoms. The van der Waals surface area contributed by atoms with Crippen molar-refractivity contribution in [2.75, 3.05) is 18.4 Å². The lowest BCUT2D eigenvalue weighted by Crippen LogP contribution is -2.29. The van der Waals surface area contributed by atoms with E-state index in [1.54, 1.807) is 0 Å². The molecule has 7 heteroatoms. The topological polar surface area (TPSA) is 87.5 Å². The number of nitrogens with zero attached hydrogens (tertiary/aromatic N) is 3. The monoisotopic (exact) mass is 356 g/mol. The zero-order chi connectivity index (χ0) is 18.5. The summed E-state index contributed by atoms with van der Waals surface area (Å²) >= 11 is 0. The Hall–Kier alpha value is -2.67. The first-order chi connectivity index (χ1) is 12.5. The Bertz CT molecular complexity index is 763. The summed E-state index contributed by atoms with van der Waals surface area (Å²) in [6, 6.07) is 8.39. The largest absolute Gasteiger partial charge is 0.480 e. The molecule has 0 spiro atoms. The third kappa shape index (κ3) is 4.29. The van der Waals surface area contributed by atoms with Crippen LogP contribution in [-0.4, -0.2) is 44.8 Å². The van der Waals surface area contributed by atoms with Gasteiger partial charge in [-0.05, 0) is 56.6 Å². The molecule has 3 rings (SSSR count). The number of piperidine rings is 1. The molecule has 1 amide bonds. The second-order valence-corrected chi connectivity index (χ2v) is 6.66. The molecule has 2 heterocycles. The smallest absolute Gasteiger partial charge is 0.328 e. The van der Waals surface area contributed by atoms with Gasteiger partial charge in [0.25, 0.3) is 5.91 Å². The summed E-state index contributed by atoms with van der Waals surface area (Å²) in [5.41, 5.74) is 2.11. The van der Waals surface area contributed by atoms with Gasteiger partial charge < -0.3 is 10.4 Å². The van der Waals surface area contributed by atoms with E-state index < -0.39 is 12.0 Å². The average Bonchev–Trinajstić information content (AvgIpc) is 3.13. The molecule has 1 atom stereocenters. The number of aliphatic carboxylic acids is 1. The number of carboxylic acids is 1. The van der Waals surface area contributed by atoms with Crippen molar-refractivity contribution in [2.24, 2.45) is 0 Å². The van der Waals surface area contributed by atoms with Gasteiger partial charge in [0.2, 0.25) is 0 Å². The van der Waals surface area contributed by atoms with E-state index in [0.29, 0.717) is 5.69 Å². The second-order valence-electron chi connectivity index (χ2n) is 6.66. The summed E-state index contributed by atoms with van der Waals surface area (Å²) in [6.45, 7) is 4.70. The van der Waals surface area contributed by atoms with E-state index in [0.717, 1.165) is 19.6 Å². The van der Waals surface area contributed by atoms with Crippen LogP contribution in [0.3, 0.4) is 0 Å². The fraction of sp³-hybridized carbons (Fsp3) is 0.421. The summed E-state index contributed by atoms with van der Waals surface area (Å²) in [7, 11) is 0. The van der Waals surface area contributed by atoms with E-state index in [-0.39, 0.29) is 11.6 Å². The van der Waals surface area contributed by atoms with Crippen LogP contribution in [0.2, 0.25) is 0 Å². The molecule has 1 aromatic heterocycles. The molecule has 0 radical (unpaired) electrons. The van der Waals surface area contributed by atoms with Gasteiger partial charge in [-0.15, -0.1) is 0 Å². The van der Waals surface area contributed by atoms with E-state index in [9.17, 15) is 9.59 Å². The lowest BCUT2D eigenvalue weighted by molar-refractivity contribution is -0.140. The van der Waals surface area contributed by atoms with Crippen LogP contribution in [0.5, 0.6) is 0 Å². The molecular formula is C19H24N4O3. The van der Waals surface area contributed by atoms with Crippen molar-refractivity contribution in [1.82, 2.24) is 14.7 Å². The van der Waals surface area contributed by atoms with Gasteiger partial charge in [0.1, 0.15) is 11.7 Å². The summed E-state index contributed by atoms with van der Waals surface area (Å²) < 4.78 is 1.21. The van der Waals surface area contributed by atoms with Crippen molar-refractivity contribution in [2.45, 2.75) is 38.8 Å². The van der Waals surface area contributed by atoms with Crippen LogP contribution >= 0.6 is 0 Å². The summed E-state index contributed by atoms with van der Waals surface area (Å²) in [5.74, 6) is -1.41. The van der Waals surface area contributed by atoms with E-state index in [1.165, 1.54) is 48.7 Å². The van der Waals surface area contributed by atoms with E-state index in [1.807, 2.05) is 24.3 Å². The van der Waals surface area contributed by atoms with E-state index in [2.05, 4.69) is 15.3 Å². The van der Waals surface area contributed by atoms with Gasteiger partial charge in [-0.2, -0.15) is 5.10 Å². The number of carbonyl (C=O) groups excluding carboxylic acids is 1. The standard InChI is InChI=1S/C19H24N4O3/c1-14(19(25)26)23-17(9-10-20-23)18(24)21-16-7-5-15(6-8-16)13-22-11-3-2-4-12-22/h5-10,14H,2-4,11-13H2,1H3,(H,21,24)(H,25,26). The van der Waals surface area contributed by atoms with Gasteiger partial charge in [0.05, 0.1) is 0 Å². The van der Waals surface area contributed by atoms with Crippen molar-refractivity contribution in [3.05, 3.63) is 47.8 Å². The Morgan fingerprint density at radius 2 is 1.85 bits per heavy atom. The molecule has 2 N–H and O–H groups in total. The van der Waals surface area contributed by atoms with Crippen molar-refractivity contribution in [3.8, 4) is 0 Å². The van der Waals surface area contributed by atoms with Gasteiger partial charge >= 0.3 is 5.97 Å². The lowest BCUT2D eigenvalue weighted by atomic mass is 10.1. The highest BCUT2D eigenvalue weighted by Crippen LogP contribution is 2.17. The molecule has 1 aliphatic heterocycles. The first-order valence-corrected chi connectivity index (χ1v) is 8.93. The predicted octanol–water partition coefficient (Wildman–Crippen LogP) is 2.77. The Morgan fingerprint density at radius 3 is 2.50 bits per heavy atom. The number of aromatic nitrogens is 2. The minimum Gasteiger partial charge on any atom is -0.480 e. The van der Waals surface area contributed by atoms with Crippen molar-refractivity contribution < 1.29 is 14.7 Å². The summed E-state index contributed by atoms with van der Waals surface area (Å²) in [5, 5.41) is 15.9. The Balaban J connectivity index is 1.63. The first kappa shape index (κ1) is 18.1. The van der Waals surface area contributed by atoms with Gasteiger partial charge in [0, 0.05) is 18.4 Å². The SMILES string of the molecule is CC(C(=O)O)n1nccc1C(=O)Nc1ccc(CN2CCCCC2)cc1. The molecule has 0 aliphatic carbocycles. The van der Waals surface area contributed by atoms with Gasteiger partial charge in [-0.3, -0.25) is 9.69 Å². The van der Waals surface area contributed by atoms with Crippen LogP contribution in [0, 0.1) is 0 Å². The molecule has 1 fully saturated rings. The Labute approximate surface area is 152 Å². The Kier molecular flexibility index (Phi) is 5.68. The Morgan fingerprint density at radius 1 is 1.15 bits per heavy atom. The van der Waals surface area contributed by atoms with E-state index in [4.69, 9.17) is 5.11 Å². The molecule has 7 nitrogen and oxygen atoms in total. The third-order valence-corrected chi connectivity index (χ3v) is 4.69. The highest BCUT2D eigenvalue weighted by atomic mass is 16.4. The molecule has 2 aromatic rings. The molecule has 138 valence electrons. The van der Waals surface area contributed by atoms with E-state index >= 15 is 0 Å². The van der Waals surface area contributed by atoms with Crippen LogP contribution in [0.15, 0.2) is 36.5 Å². The fourth-order valence-electron chi connectivity index (χ4n) is 3.17. The first-order valence-electron chi connectivity index (χ1n) is 8.93. The number of rotatable bonds is 6. The number of likely N-dealkylation sites (tertiary alicyclic amines) is 1. The second kappa shape index (κ2) is 8.14. The summed E-state index contributed by atoms with van der Waals surface area (Å²) in [4.78, 5) is 26.0. The number of amides is 1. The van der Waals surface area contributed by atoms with Crippen LogP contribution in [0.4, 0.5) is 5.69 Å². The highest BCUT2D eigenvalue weighted by Gasteiger charge is 2.21. The number of carbonyl (C=O) groups is 2. The van der Waals surface area contributed by atoms with Crippen molar-refractivity contribution in [1.29, 1.82) is 0 Å². The van der Waals surface area contributed by atoms with Gasteiger partial charge in [0.15, 0.2) is 0 Å². The molecule has 1 unspecified atom stereocenters. The maximum absolute atomic E-state index is 12.5. The van der Waals surface area contributed by atoms with Crippen LogP contribution in [-0.2, 0) is 11.3 Å². The number of hydrogen-bond acceptors (Lipinski definition) is 4. The molecule has 1 aliphatic rings. The van der Waals surface area contributed by atoms with Gasteiger partial charge in [-0.1, -0.05) is 18.6 Å².